The van der Waals surface area contributed by atoms with Gasteiger partial charge in [-0.1, -0.05) is 0 Å². The van der Waals surface area contributed by atoms with E-state index in [2.05, 4.69) is 15.5 Å². The molecule has 0 saturated heterocycles. The molecule has 3 aromatic rings. The van der Waals surface area contributed by atoms with Crippen molar-refractivity contribution in [3.8, 4) is 34.3 Å². The number of hydrogen-bond acceptors (Lipinski definition) is 6. The van der Waals surface area contributed by atoms with E-state index in [0.717, 1.165) is 29.5 Å². The molecule has 1 atom stereocenters. The number of benzene rings is 2. The van der Waals surface area contributed by atoms with Crippen molar-refractivity contribution in [2.24, 2.45) is 0 Å². The van der Waals surface area contributed by atoms with Crippen LogP contribution < -0.4 is 24.3 Å². The summed E-state index contributed by atoms with van der Waals surface area (Å²) in [5, 5.41) is 10.2. The Hall–Kier alpha value is -3.68. The number of nitrogens with zero attached hydrogens (tertiary/aromatic N) is 1. The molecule has 0 saturated carbocycles. The van der Waals surface area contributed by atoms with Crippen molar-refractivity contribution in [1.29, 1.82) is 0 Å². The molecule has 8 nitrogen and oxygen atoms in total. The van der Waals surface area contributed by atoms with E-state index in [1.54, 1.807) is 40.6 Å². The molecule has 31 heavy (non-hydrogen) atoms. The molecule has 1 aliphatic rings. The predicted octanol–water partition coefficient (Wildman–Crippen LogP) is 3.53. The maximum absolute atomic E-state index is 12.9. The van der Waals surface area contributed by atoms with Gasteiger partial charge in [-0.3, -0.25) is 9.89 Å². The van der Waals surface area contributed by atoms with E-state index in [0.29, 0.717) is 34.4 Å². The Balaban J connectivity index is 1.52. The Morgan fingerprint density at radius 1 is 0.935 bits per heavy atom. The molecule has 0 fully saturated rings. The monoisotopic (exact) mass is 423 g/mol. The summed E-state index contributed by atoms with van der Waals surface area (Å²) in [6.07, 6.45) is 1.68. The van der Waals surface area contributed by atoms with E-state index in [9.17, 15) is 4.79 Å². The van der Waals surface area contributed by atoms with Gasteiger partial charge in [0.15, 0.2) is 23.0 Å². The number of fused-ring (bicyclic) bond motifs is 1. The number of H-pyrrole nitrogens is 1. The summed E-state index contributed by atoms with van der Waals surface area (Å²) in [5.41, 5.74) is 4.04. The van der Waals surface area contributed by atoms with Crippen LogP contribution in [0.2, 0.25) is 0 Å². The van der Waals surface area contributed by atoms with E-state index < -0.39 is 0 Å². The molecule has 1 aromatic heterocycles. The first-order valence-electron chi connectivity index (χ1n) is 9.91. The first-order valence-corrected chi connectivity index (χ1v) is 9.91. The molecule has 2 N–H and O–H groups in total. The maximum atomic E-state index is 12.9. The number of amides is 1. The predicted molar refractivity (Wildman–Crippen MR) is 115 cm³/mol. The molecule has 1 heterocycles. The molecule has 0 bridgehead atoms. The molecule has 1 amide bonds. The Morgan fingerprint density at radius 3 is 2.32 bits per heavy atom. The Kier molecular flexibility index (Phi) is 5.70. The van der Waals surface area contributed by atoms with Gasteiger partial charge in [-0.2, -0.15) is 5.10 Å². The second-order valence-electron chi connectivity index (χ2n) is 7.21. The van der Waals surface area contributed by atoms with Gasteiger partial charge in [-0.15, -0.1) is 0 Å². The fourth-order valence-electron chi connectivity index (χ4n) is 3.90. The van der Waals surface area contributed by atoms with E-state index >= 15 is 0 Å². The van der Waals surface area contributed by atoms with Crippen LogP contribution >= 0.6 is 0 Å². The molecule has 0 spiro atoms. The largest absolute Gasteiger partial charge is 0.493 e. The maximum Gasteiger partial charge on any atom is 0.269 e. The number of nitrogens with one attached hydrogen (secondary N) is 2. The molecular formula is C23H25N3O5. The lowest BCUT2D eigenvalue weighted by molar-refractivity contribution is 0.0931. The highest BCUT2D eigenvalue weighted by Crippen LogP contribution is 2.39. The molecule has 162 valence electrons. The van der Waals surface area contributed by atoms with Crippen LogP contribution in [-0.2, 0) is 6.42 Å². The number of carbonyl (C=O) groups is 1. The molecular weight excluding hydrogens is 398 g/mol. The number of ether oxygens (including phenoxy) is 4. The quantitative estimate of drug-likeness (QED) is 0.604. The van der Waals surface area contributed by atoms with Crippen LogP contribution in [0.4, 0.5) is 0 Å². The van der Waals surface area contributed by atoms with Gasteiger partial charge >= 0.3 is 0 Å². The van der Waals surface area contributed by atoms with Gasteiger partial charge in [0.05, 0.1) is 40.2 Å². The van der Waals surface area contributed by atoms with Crippen LogP contribution in [0.25, 0.3) is 11.3 Å². The third kappa shape index (κ3) is 3.88. The van der Waals surface area contributed by atoms with E-state index in [4.69, 9.17) is 18.9 Å². The lowest BCUT2D eigenvalue weighted by Gasteiger charge is -2.15. The summed E-state index contributed by atoms with van der Waals surface area (Å²) < 4.78 is 21.4. The summed E-state index contributed by atoms with van der Waals surface area (Å²) in [5.74, 6) is 2.36. The van der Waals surface area contributed by atoms with Crippen LogP contribution in [-0.4, -0.2) is 44.5 Å². The van der Waals surface area contributed by atoms with Gasteiger partial charge in [0, 0.05) is 5.56 Å². The van der Waals surface area contributed by atoms with Gasteiger partial charge in [0.25, 0.3) is 5.91 Å². The van der Waals surface area contributed by atoms with Crippen molar-refractivity contribution in [2.45, 2.75) is 18.9 Å². The Bertz CT molecular complexity index is 1110. The number of aromatic nitrogens is 2. The third-order valence-electron chi connectivity index (χ3n) is 5.53. The lowest BCUT2D eigenvalue weighted by Crippen LogP contribution is -2.27. The number of aryl methyl sites for hydroxylation is 1. The number of hydrogen-bond donors (Lipinski definition) is 2. The van der Waals surface area contributed by atoms with Gasteiger partial charge in [-0.05, 0) is 60.4 Å². The first kappa shape index (κ1) is 20.6. The third-order valence-corrected chi connectivity index (χ3v) is 5.53. The summed E-state index contributed by atoms with van der Waals surface area (Å²) in [6, 6.07) is 11.0. The van der Waals surface area contributed by atoms with Crippen molar-refractivity contribution in [3.05, 3.63) is 53.2 Å². The van der Waals surface area contributed by atoms with Crippen molar-refractivity contribution < 1.29 is 23.7 Å². The standard InChI is InChI=1S/C23H25N3O5/c1-28-19-8-6-14(10-20(19)29-2)17-12-18(26-25-17)23(27)24-16-7-5-13-9-21(30-3)22(31-4)11-15(13)16/h6,8-12,16H,5,7H2,1-4H3,(H,24,27)(H,25,26). The van der Waals surface area contributed by atoms with Crippen LogP contribution in [0.1, 0.15) is 34.1 Å². The van der Waals surface area contributed by atoms with Gasteiger partial charge in [0.1, 0.15) is 5.69 Å². The van der Waals surface area contributed by atoms with Crippen LogP contribution in [0.15, 0.2) is 36.4 Å². The Morgan fingerprint density at radius 2 is 1.61 bits per heavy atom. The van der Waals surface area contributed by atoms with Crippen molar-refractivity contribution in [2.75, 3.05) is 28.4 Å². The minimum Gasteiger partial charge on any atom is -0.493 e. The van der Waals surface area contributed by atoms with Crippen LogP contribution in [0.5, 0.6) is 23.0 Å². The molecule has 0 radical (unpaired) electrons. The normalized spacial score (nSPS) is 14.6. The highest BCUT2D eigenvalue weighted by molar-refractivity contribution is 5.93. The molecule has 4 rings (SSSR count). The van der Waals surface area contributed by atoms with E-state index in [1.807, 2.05) is 24.3 Å². The number of rotatable bonds is 7. The number of aromatic amines is 1. The second kappa shape index (κ2) is 8.59. The van der Waals surface area contributed by atoms with Gasteiger partial charge in [-0.25, -0.2) is 0 Å². The van der Waals surface area contributed by atoms with Gasteiger partial charge < -0.3 is 24.3 Å². The number of methoxy groups -OCH3 is 4. The average Bonchev–Trinajstić information content (AvgIpc) is 3.45. The topological polar surface area (TPSA) is 94.7 Å². The summed E-state index contributed by atoms with van der Waals surface area (Å²) in [4.78, 5) is 12.9. The SMILES string of the molecule is COc1ccc(-c2cc(C(=O)NC3CCc4cc(OC)c(OC)cc43)[nH]n2)cc1OC. The minimum absolute atomic E-state index is 0.102. The molecule has 1 aliphatic carbocycles. The van der Waals surface area contributed by atoms with E-state index in [1.165, 1.54) is 0 Å². The molecule has 8 heteroatoms. The zero-order valence-electron chi connectivity index (χ0n) is 17.9. The smallest absolute Gasteiger partial charge is 0.269 e. The highest BCUT2D eigenvalue weighted by Gasteiger charge is 2.27. The minimum atomic E-state index is -0.216. The fourth-order valence-corrected chi connectivity index (χ4v) is 3.90. The van der Waals surface area contributed by atoms with Crippen molar-refractivity contribution in [1.82, 2.24) is 15.5 Å². The zero-order valence-corrected chi connectivity index (χ0v) is 17.9. The van der Waals surface area contributed by atoms with Crippen molar-refractivity contribution >= 4 is 5.91 Å². The van der Waals surface area contributed by atoms with Crippen LogP contribution in [0.3, 0.4) is 0 Å². The second-order valence-corrected chi connectivity index (χ2v) is 7.21. The summed E-state index contributed by atoms with van der Waals surface area (Å²) >= 11 is 0. The van der Waals surface area contributed by atoms with Gasteiger partial charge in [0.2, 0.25) is 0 Å². The first-order chi connectivity index (χ1) is 15.1. The summed E-state index contributed by atoms with van der Waals surface area (Å²) in [7, 11) is 6.39. The lowest BCUT2D eigenvalue weighted by atomic mass is 10.1. The Labute approximate surface area is 180 Å². The molecule has 1 unspecified atom stereocenters. The highest BCUT2D eigenvalue weighted by atomic mass is 16.5. The van der Waals surface area contributed by atoms with E-state index in [-0.39, 0.29) is 11.9 Å². The number of carbonyl (C=O) groups excluding carboxylic acids is 1. The average molecular weight is 423 g/mol. The fraction of sp³-hybridized carbons (Fsp3) is 0.304. The summed E-state index contributed by atoms with van der Waals surface area (Å²) in [6.45, 7) is 0. The molecule has 2 aromatic carbocycles. The van der Waals surface area contributed by atoms with Crippen molar-refractivity contribution in [3.63, 3.8) is 0 Å². The molecule has 0 aliphatic heterocycles. The zero-order chi connectivity index (χ0) is 22.0. The van der Waals surface area contributed by atoms with Crippen LogP contribution in [0, 0.1) is 0 Å².